The lowest BCUT2D eigenvalue weighted by Gasteiger charge is -2.11. The van der Waals surface area contributed by atoms with E-state index in [9.17, 15) is 0 Å². The van der Waals surface area contributed by atoms with Crippen molar-refractivity contribution >= 4 is 0 Å². The van der Waals surface area contributed by atoms with Crippen LogP contribution in [0.4, 0.5) is 0 Å². The standard InChI is InChI=1S/C11H17N5/c1-8-6-10(16(3)14-8)9(12)7-11-13-4-5-15(11)2/h4-6,9H,7,12H2,1-3H3. The molecule has 0 saturated carbocycles. The molecule has 5 nitrogen and oxygen atoms in total. The van der Waals surface area contributed by atoms with Gasteiger partial charge in [-0.2, -0.15) is 5.10 Å². The maximum Gasteiger partial charge on any atom is 0.110 e. The Bertz CT molecular complexity index is 482. The molecule has 1 atom stereocenters. The molecule has 2 N–H and O–H groups in total. The van der Waals surface area contributed by atoms with E-state index < -0.39 is 0 Å². The molecule has 0 radical (unpaired) electrons. The third-order valence-corrected chi connectivity index (χ3v) is 2.74. The molecule has 0 saturated heterocycles. The van der Waals surface area contributed by atoms with Gasteiger partial charge in [0.15, 0.2) is 0 Å². The van der Waals surface area contributed by atoms with Gasteiger partial charge in [0.05, 0.1) is 17.4 Å². The maximum atomic E-state index is 6.16. The lowest BCUT2D eigenvalue weighted by atomic mass is 10.1. The van der Waals surface area contributed by atoms with Gasteiger partial charge in [0.25, 0.3) is 0 Å². The quantitative estimate of drug-likeness (QED) is 0.826. The minimum Gasteiger partial charge on any atom is -0.338 e. The van der Waals surface area contributed by atoms with Crippen LogP contribution in [0.1, 0.15) is 23.3 Å². The van der Waals surface area contributed by atoms with Crippen LogP contribution in [-0.2, 0) is 20.5 Å². The number of nitrogens with two attached hydrogens (primary N) is 1. The summed E-state index contributed by atoms with van der Waals surface area (Å²) < 4.78 is 3.83. The van der Waals surface area contributed by atoms with Crippen molar-refractivity contribution in [2.24, 2.45) is 19.8 Å². The van der Waals surface area contributed by atoms with E-state index in [4.69, 9.17) is 5.73 Å². The predicted octanol–water partition coefficient (Wildman–Crippen LogP) is 0.705. The Morgan fingerprint density at radius 3 is 2.69 bits per heavy atom. The molecule has 86 valence electrons. The van der Waals surface area contributed by atoms with Crippen LogP contribution in [0.25, 0.3) is 0 Å². The highest BCUT2D eigenvalue weighted by Gasteiger charge is 2.14. The van der Waals surface area contributed by atoms with Crippen molar-refractivity contribution in [1.29, 1.82) is 0 Å². The second-order valence-corrected chi connectivity index (χ2v) is 4.10. The first kappa shape index (κ1) is 10.9. The first-order valence-electron chi connectivity index (χ1n) is 5.30. The molecule has 5 heteroatoms. The van der Waals surface area contributed by atoms with Crippen molar-refractivity contribution in [2.75, 3.05) is 0 Å². The van der Waals surface area contributed by atoms with Gasteiger partial charge in [-0.05, 0) is 13.0 Å². The second-order valence-electron chi connectivity index (χ2n) is 4.10. The molecule has 0 spiro atoms. The zero-order valence-electron chi connectivity index (χ0n) is 9.88. The highest BCUT2D eigenvalue weighted by molar-refractivity contribution is 5.14. The smallest absolute Gasteiger partial charge is 0.110 e. The van der Waals surface area contributed by atoms with Gasteiger partial charge >= 0.3 is 0 Å². The second kappa shape index (κ2) is 4.09. The SMILES string of the molecule is Cc1cc(C(N)Cc2nccn2C)n(C)n1. The molecule has 0 aromatic carbocycles. The summed E-state index contributed by atoms with van der Waals surface area (Å²) in [6, 6.07) is 1.96. The van der Waals surface area contributed by atoms with Crippen LogP contribution in [0, 0.1) is 6.92 Å². The van der Waals surface area contributed by atoms with Gasteiger partial charge in [0, 0.05) is 32.9 Å². The molecule has 2 rings (SSSR count). The summed E-state index contributed by atoms with van der Waals surface area (Å²) in [5.41, 5.74) is 8.19. The first-order valence-corrected chi connectivity index (χ1v) is 5.30. The Kier molecular flexibility index (Phi) is 2.78. The van der Waals surface area contributed by atoms with Gasteiger partial charge in [-0.15, -0.1) is 0 Å². The number of aromatic nitrogens is 4. The van der Waals surface area contributed by atoms with E-state index >= 15 is 0 Å². The Morgan fingerprint density at radius 2 is 2.19 bits per heavy atom. The van der Waals surface area contributed by atoms with Crippen molar-refractivity contribution < 1.29 is 0 Å². The lowest BCUT2D eigenvalue weighted by Crippen LogP contribution is -2.18. The molecule has 0 amide bonds. The lowest BCUT2D eigenvalue weighted by molar-refractivity contribution is 0.591. The molecule has 16 heavy (non-hydrogen) atoms. The zero-order chi connectivity index (χ0) is 11.7. The minimum atomic E-state index is -0.0627. The zero-order valence-corrected chi connectivity index (χ0v) is 9.88. The summed E-state index contributed by atoms with van der Waals surface area (Å²) in [7, 11) is 3.89. The van der Waals surface area contributed by atoms with Gasteiger partial charge in [-0.25, -0.2) is 4.98 Å². The number of hydrogen-bond donors (Lipinski definition) is 1. The van der Waals surface area contributed by atoms with Crippen LogP contribution in [0.5, 0.6) is 0 Å². The van der Waals surface area contributed by atoms with E-state index in [2.05, 4.69) is 10.1 Å². The molecule has 2 aromatic rings. The van der Waals surface area contributed by atoms with Gasteiger partial charge < -0.3 is 10.3 Å². The van der Waals surface area contributed by atoms with E-state index in [1.165, 1.54) is 0 Å². The van der Waals surface area contributed by atoms with Crippen LogP contribution < -0.4 is 5.73 Å². The van der Waals surface area contributed by atoms with Crippen molar-refractivity contribution in [1.82, 2.24) is 19.3 Å². The van der Waals surface area contributed by atoms with Crippen LogP contribution in [0.15, 0.2) is 18.5 Å². The molecule has 0 aliphatic heterocycles. The topological polar surface area (TPSA) is 61.7 Å². The summed E-state index contributed by atoms with van der Waals surface area (Å²) in [6.45, 7) is 1.97. The summed E-state index contributed by atoms with van der Waals surface area (Å²) in [4.78, 5) is 4.27. The van der Waals surface area contributed by atoms with E-state index in [-0.39, 0.29) is 6.04 Å². The van der Waals surface area contributed by atoms with Crippen LogP contribution in [-0.4, -0.2) is 19.3 Å². The molecule has 0 aliphatic rings. The molecule has 2 aromatic heterocycles. The minimum absolute atomic E-state index is 0.0627. The molecule has 0 fully saturated rings. The fourth-order valence-electron chi connectivity index (χ4n) is 1.87. The third-order valence-electron chi connectivity index (χ3n) is 2.74. The van der Waals surface area contributed by atoms with Crippen LogP contribution in [0.2, 0.25) is 0 Å². The number of aryl methyl sites for hydroxylation is 3. The molecular formula is C11H17N5. The molecule has 1 unspecified atom stereocenters. The summed E-state index contributed by atoms with van der Waals surface area (Å²) in [5, 5.41) is 4.29. The van der Waals surface area contributed by atoms with E-state index in [0.717, 1.165) is 23.6 Å². The van der Waals surface area contributed by atoms with Crippen molar-refractivity contribution in [3.63, 3.8) is 0 Å². The van der Waals surface area contributed by atoms with Gasteiger partial charge in [0.2, 0.25) is 0 Å². The number of hydrogen-bond acceptors (Lipinski definition) is 3. The van der Waals surface area contributed by atoms with Gasteiger partial charge in [-0.1, -0.05) is 0 Å². The largest absolute Gasteiger partial charge is 0.338 e. The number of nitrogens with zero attached hydrogens (tertiary/aromatic N) is 4. The number of imidazole rings is 1. The normalized spacial score (nSPS) is 13.0. The molecule has 2 heterocycles. The average Bonchev–Trinajstić information content (AvgIpc) is 2.74. The van der Waals surface area contributed by atoms with Crippen LogP contribution in [0.3, 0.4) is 0 Å². The Morgan fingerprint density at radius 1 is 1.44 bits per heavy atom. The fourth-order valence-corrected chi connectivity index (χ4v) is 1.87. The van der Waals surface area contributed by atoms with E-state index in [0.29, 0.717) is 0 Å². The average molecular weight is 219 g/mol. The fraction of sp³-hybridized carbons (Fsp3) is 0.455. The molecular weight excluding hydrogens is 202 g/mol. The molecule has 0 aliphatic carbocycles. The van der Waals surface area contributed by atoms with Crippen LogP contribution >= 0.6 is 0 Å². The Balaban J connectivity index is 2.17. The Hall–Kier alpha value is -1.62. The highest BCUT2D eigenvalue weighted by Crippen LogP contribution is 2.15. The van der Waals surface area contributed by atoms with Gasteiger partial charge in [-0.3, -0.25) is 4.68 Å². The summed E-state index contributed by atoms with van der Waals surface area (Å²) >= 11 is 0. The third kappa shape index (κ3) is 1.99. The van der Waals surface area contributed by atoms with Crippen molar-refractivity contribution in [2.45, 2.75) is 19.4 Å². The van der Waals surface area contributed by atoms with Crippen molar-refractivity contribution in [3.05, 3.63) is 35.7 Å². The first-order chi connectivity index (χ1) is 7.58. The summed E-state index contributed by atoms with van der Waals surface area (Å²) in [5.74, 6) is 0.992. The Labute approximate surface area is 94.9 Å². The molecule has 0 bridgehead atoms. The van der Waals surface area contributed by atoms with E-state index in [1.54, 1.807) is 6.20 Å². The highest BCUT2D eigenvalue weighted by atomic mass is 15.3. The number of rotatable bonds is 3. The maximum absolute atomic E-state index is 6.16. The monoisotopic (exact) mass is 219 g/mol. The van der Waals surface area contributed by atoms with Crippen molar-refractivity contribution in [3.8, 4) is 0 Å². The van der Waals surface area contributed by atoms with Gasteiger partial charge in [0.1, 0.15) is 5.82 Å². The van der Waals surface area contributed by atoms with E-state index in [1.807, 2.05) is 42.5 Å². The predicted molar refractivity (Wildman–Crippen MR) is 61.8 cm³/mol. The summed E-state index contributed by atoms with van der Waals surface area (Å²) in [6.07, 6.45) is 4.44.